The standard InChI is InChI=1S/C17H13F3N2O3S/c18-13-3-1-2-4-14(13)23-9-10-26-17-22-21-15(25-17)11-5-7-12(8-6-11)24-16(19)20/h1-8,16H,9-10H2. The summed E-state index contributed by atoms with van der Waals surface area (Å²) >= 11 is 1.26. The molecule has 0 unspecified atom stereocenters. The first-order chi connectivity index (χ1) is 12.6. The fourth-order valence-corrected chi connectivity index (χ4v) is 2.58. The molecular formula is C17H13F3N2O3S. The maximum absolute atomic E-state index is 13.4. The van der Waals surface area contributed by atoms with Crippen LogP contribution in [0.25, 0.3) is 11.5 Å². The van der Waals surface area contributed by atoms with Crippen molar-refractivity contribution in [2.45, 2.75) is 11.8 Å². The van der Waals surface area contributed by atoms with Crippen LogP contribution in [0, 0.1) is 5.82 Å². The highest BCUT2D eigenvalue weighted by molar-refractivity contribution is 7.99. The third-order valence-corrected chi connectivity index (χ3v) is 3.92. The molecule has 1 aromatic heterocycles. The highest BCUT2D eigenvalue weighted by Gasteiger charge is 2.11. The number of nitrogens with zero attached hydrogens (tertiary/aromatic N) is 2. The summed E-state index contributed by atoms with van der Waals surface area (Å²) in [6.07, 6.45) is 0. The number of ether oxygens (including phenoxy) is 2. The molecule has 0 aliphatic rings. The summed E-state index contributed by atoms with van der Waals surface area (Å²) in [5.74, 6) is 0.550. The van der Waals surface area contributed by atoms with E-state index in [0.29, 0.717) is 16.5 Å². The summed E-state index contributed by atoms with van der Waals surface area (Å²) in [5, 5.41) is 8.12. The van der Waals surface area contributed by atoms with Gasteiger partial charge in [-0.2, -0.15) is 8.78 Å². The van der Waals surface area contributed by atoms with Crippen LogP contribution < -0.4 is 9.47 Å². The lowest BCUT2D eigenvalue weighted by Gasteiger charge is -2.05. The Balaban J connectivity index is 1.51. The number of hydrogen-bond donors (Lipinski definition) is 0. The second kappa shape index (κ2) is 8.61. The molecule has 0 bridgehead atoms. The molecule has 5 nitrogen and oxygen atoms in total. The Kier molecular flexibility index (Phi) is 6.00. The molecule has 0 saturated heterocycles. The van der Waals surface area contributed by atoms with Crippen LogP contribution in [0.2, 0.25) is 0 Å². The molecule has 0 spiro atoms. The van der Waals surface area contributed by atoms with Crippen LogP contribution in [0.15, 0.2) is 58.2 Å². The molecule has 3 rings (SSSR count). The zero-order valence-corrected chi connectivity index (χ0v) is 14.1. The van der Waals surface area contributed by atoms with Crippen molar-refractivity contribution >= 4 is 11.8 Å². The summed E-state index contributed by atoms with van der Waals surface area (Å²) in [4.78, 5) is 0. The minimum absolute atomic E-state index is 0.0446. The van der Waals surface area contributed by atoms with E-state index in [2.05, 4.69) is 14.9 Å². The zero-order valence-electron chi connectivity index (χ0n) is 13.3. The molecule has 0 fully saturated rings. The normalized spacial score (nSPS) is 10.9. The maximum Gasteiger partial charge on any atom is 0.387 e. The zero-order chi connectivity index (χ0) is 18.4. The maximum atomic E-state index is 13.4. The van der Waals surface area contributed by atoms with Crippen LogP contribution in [0.1, 0.15) is 0 Å². The molecule has 0 atom stereocenters. The molecule has 0 saturated carbocycles. The number of para-hydroxylation sites is 1. The third kappa shape index (κ3) is 4.92. The van der Waals surface area contributed by atoms with Gasteiger partial charge in [0.05, 0.1) is 6.61 Å². The second-order valence-corrected chi connectivity index (χ2v) is 5.95. The summed E-state index contributed by atoms with van der Waals surface area (Å²) in [5.41, 5.74) is 0.577. The number of aromatic nitrogens is 2. The predicted molar refractivity (Wildman–Crippen MR) is 89.0 cm³/mol. The van der Waals surface area contributed by atoms with Crippen molar-refractivity contribution in [2.24, 2.45) is 0 Å². The first kappa shape index (κ1) is 18.1. The molecule has 0 N–H and O–H groups in total. The summed E-state index contributed by atoms with van der Waals surface area (Å²) in [7, 11) is 0. The average molecular weight is 382 g/mol. The van der Waals surface area contributed by atoms with Crippen LogP contribution in [0.3, 0.4) is 0 Å². The van der Waals surface area contributed by atoms with Gasteiger partial charge in [-0.1, -0.05) is 23.9 Å². The summed E-state index contributed by atoms with van der Waals surface area (Å²) in [6, 6.07) is 12.0. The number of benzene rings is 2. The molecule has 9 heteroatoms. The molecule has 136 valence electrons. The lowest BCUT2D eigenvalue weighted by molar-refractivity contribution is -0.0498. The van der Waals surface area contributed by atoms with Gasteiger partial charge >= 0.3 is 6.61 Å². The quantitative estimate of drug-likeness (QED) is 0.418. The van der Waals surface area contributed by atoms with E-state index in [1.54, 1.807) is 30.3 Å². The fourth-order valence-electron chi connectivity index (χ4n) is 2.01. The Morgan fingerprint density at radius 1 is 1.04 bits per heavy atom. The molecule has 0 aliphatic carbocycles. The van der Waals surface area contributed by atoms with E-state index < -0.39 is 12.4 Å². The Morgan fingerprint density at radius 3 is 2.54 bits per heavy atom. The Labute approximate surface area is 151 Å². The van der Waals surface area contributed by atoms with Crippen molar-refractivity contribution in [3.63, 3.8) is 0 Å². The fraction of sp³-hybridized carbons (Fsp3) is 0.176. The second-order valence-electron chi connectivity index (χ2n) is 4.90. The molecular weight excluding hydrogens is 369 g/mol. The SMILES string of the molecule is Fc1ccccc1OCCSc1nnc(-c2ccc(OC(F)F)cc2)o1. The van der Waals surface area contributed by atoms with E-state index in [4.69, 9.17) is 9.15 Å². The highest BCUT2D eigenvalue weighted by Crippen LogP contribution is 2.25. The van der Waals surface area contributed by atoms with Gasteiger partial charge in [0, 0.05) is 11.3 Å². The lowest BCUT2D eigenvalue weighted by Crippen LogP contribution is -2.01. The first-order valence-corrected chi connectivity index (χ1v) is 8.49. The minimum atomic E-state index is -2.88. The number of thioether (sulfide) groups is 1. The summed E-state index contributed by atoms with van der Waals surface area (Å²) in [6.45, 7) is -2.61. The van der Waals surface area contributed by atoms with Gasteiger partial charge in [-0.15, -0.1) is 10.2 Å². The Bertz CT molecular complexity index is 843. The van der Waals surface area contributed by atoms with Gasteiger partial charge < -0.3 is 13.9 Å². The van der Waals surface area contributed by atoms with E-state index in [9.17, 15) is 13.2 Å². The van der Waals surface area contributed by atoms with E-state index in [0.717, 1.165) is 0 Å². The summed E-state index contributed by atoms with van der Waals surface area (Å²) < 4.78 is 52.8. The molecule has 3 aromatic rings. The van der Waals surface area contributed by atoms with Gasteiger partial charge in [0.25, 0.3) is 5.22 Å². The topological polar surface area (TPSA) is 57.4 Å². The highest BCUT2D eigenvalue weighted by atomic mass is 32.2. The van der Waals surface area contributed by atoms with E-state index in [-0.39, 0.29) is 24.0 Å². The van der Waals surface area contributed by atoms with E-state index in [1.165, 1.54) is 30.0 Å². The van der Waals surface area contributed by atoms with E-state index in [1.807, 2.05) is 0 Å². The van der Waals surface area contributed by atoms with Gasteiger partial charge in [-0.05, 0) is 36.4 Å². The van der Waals surface area contributed by atoms with Crippen molar-refractivity contribution in [3.8, 4) is 23.0 Å². The Hall–Kier alpha value is -2.68. The smallest absolute Gasteiger partial charge is 0.387 e. The van der Waals surface area contributed by atoms with Crippen LogP contribution >= 0.6 is 11.8 Å². The van der Waals surface area contributed by atoms with Crippen molar-refractivity contribution < 1.29 is 27.1 Å². The Morgan fingerprint density at radius 2 is 1.81 bits per heavy atom. The van der Waals surface area contributed by atoms with Crippen LogP contribution in [-0.4, -0.2) is 29.2 Å². The minimum Gasteiger partial charge on any atom is -0.490 e. The van der Waals surface area contributed by atoms with Crippen LogP contribution in [0.4, 0.5) is 13.2 Å². The molecule has 2 aromatic carbocycles. The molecule has 26 heavy (non-hydrogen) atoms. The van der Waals surface area contributed by atoms with Crippen molar-refractivity contribution in [1.82, 2.24) is 10.2 Å². The van der Waals surface area contributed by atoms with Gasteiger partial charge in [0.2, 0.25) is 5.89 Å². The van der Waals surface area contributed by atoms with Crippen molar-refractivity contribution in [3.05, 3.63) is 54.3 Å². The van der Waals surface area contributed by atoms with E-state index >= 15 is 0 Å². The monoisotopic (exact) mass is 382 g/mol. The molecule has 0 aliphatic heterocycles. The van der Waals surface area contributed by atoms with Crippen LogP contribution in [0.5, 0.6) is 11.5 Å². The third-order valence-electron chi connectivity index (χ3n) is 3.14. The van der Waals surface area contributed by atoms with Crippen LogP contribution in [-0.2, 0) is 0 Å². The van der Waals surface area contributed by atoms with Gasteiger partial charge in [0.1, 0.15) is 5.75 Å². The van der Waals surface area contributed by atoms with Gasteiger partial charge in [-0.25, -0.2) is 4.39 Å². The first-order valence-electron chi connectivity index (χ1n) is 7.51. The van der Waals surface area contributed by atoms with Gasteiger partial charge in [0.15, 0.2) is 11.6 Å². The molecule has 0 amide bonds. The van der Waals surface area contributed by atoms with Gasteiger partial charge in [-0.3, -0.25) is 0 Å². The number of halogens is 3. The predicted octanol–water partition coefficient (Wildman–Crippen LogP) is 4.65. The number of hydrogen-bond acceptors (Lipinski definition) is 6. The van der Waals surface area contributed by atoms with Crippen molar-refractivity contribution in [1.29, 1.82) is 0 Å². The number of rotatable bonds is 8. The molecule has 1 heterocycles. The molecule has 0 radical (unpaired) electrons. The average Bonchev–Trinajstić information content (AvgIpc) is 3.09. The lowest BCUT2D eigenvalue weighted by atomic mass is 10.2. The van der Waals surface area contributed by atoms with Crippen molar-refractivity contribution in [2.75, 3.05) is 12.4 Å². The largest absolute Gasteiger partial charge is 0.490 e. The number of alkyl halides is 2.